The molecule has 0 aromatic carbocycles. The van der Waals surface area contributed by atoms with Gasteiger partial charge in [-0.05, 0) is 26.0 Å². The second-order valence-electron chi connectivity index (χ2n) is 5.20. The molecule has 0 unspecified atom stereocenters. The van der Waals surface area contributed by atoms with Gasteiger partial charge >= 0.3 is 5.97 Å². The van der Waals surface area contributed by atoms with E-state index >= 15 is 0 Å². The summed E-state index contributed by atoms with van der Waals surface area (Å²) in [4.78, 5) is 39.3. The maximum Gasteiger partial charge on any atom is 0.341 e. The van der Waals surface area contributed by atoms with Crippen molar-refractivity contribution in [3.05, 3.63) is 56.9 Å². The number of rotatable bonds is 4. The van der Waals surface area contributed by atoms with Crippen molar-refractivity contribution in [2.24, 2.45) is 0 Å². The molecule has 1 amide bonds. The molecule has 0 fully saturated rings. The highest BCUT2D eigenvalue weighted by Gasteiger charge is 2.19. The van der Waals surface area contributed by atoms with Crippen molar-refractivity contribution in [3.63, 3.8) is 0 Å². The van der Waals surface area contributed by atoms with Crippen molar-refractivity contribution < 1.29 is 18.7 Å². The molecule has 0 atom stereocenters. The lowest BCUT2D eigenvalue weighted by Gasteiger charge is -2.16. The molecule has 7 nitrogen and oxygen atoms in total. The molecule has 0 radical (unpaired) electrons. The molecule has 23 heavy (non-hydrogen) atoms. The molecular weight excluding hydrogens is 300 g/mol. The minimum atomic E-state index is -0.483. The average Bonchev–Trinajstić information content (AvgIpc) is 2.86. The van der Waals surface area contributed by atoms with E-state index in [4.69, 9.17) is 4.42 Å². The first-order valence-electron chi connectivity index (χ1n) is 6.96. The van der Waals surface area contributed by atoms with Gasteiger partial charge in [-0.25, -0.2) is 4.79 Å². The molecule has 122 valence electrons. The lowest BCUT2D eigenvalue weighted by molar-refractivity contribution is 0.0598. The van der Waals surface area contributed by atoms with E-state index in [1.165, 1.54) is 24.1 Å². The molecule has 7 heteroatoms. The van der Waals surface area contributed by atoms with Gasteiger partial charge < -0.3 is 19.0 Å². The summed E-state index contributed by atoms with van der Waals surface area (Å²) in [5.74, 6) is 0.170. The third-order valence-electron chi connectivity index (χ3n) is 3.46. The van der Waals surface area contributed by atoms with Crippen LogP contribution in [0.4, 0.5) is 0 Å². The molecule has 0 aliphatic rings. The molecule has 2 heterocycles. The number of aromatic amines is 1. The van der Waals surface area contributed by atoms with Gasteiger partial charge in [0.15, 0.2) is 0 Å². The van der Waals surface area contributed by atoms with Gasteiger partial charge in [-0.1, -0.05) is 0 Å². The third-order valence-corrected chi connectivity index (χ3v) is 3.46. The quantitative estimate of drug-likeness (QED) is 0.865. The number of pyridine rings is 1. The molecule has 2 aromatic rings. The van der Waals surface area contributed by atoms with Gasteiger partial charge in [-0.3, -0.25) is 9.59 Å². The van der Waals surface area contributed by atoms with Gasteiger partial charge in [-0.2, -0.15) is 0 Å². The van der Waals surface area contributed by atoms with Crippen molar-refractivity contribution in [3.8, 4) is 0 Å². The second kappa shape index (κ2) is 6.51. The summed E-state index contributed by atoms with van der Waals surface area (Å²) in [6.07, 6.45) is 0. The number of nitrogens with zero attached hydrogens (tertiary/aromatic N) is 1. The Kier molecular flexibility index (Phi) is 4.68. The summed E-state index contributed by atoms with van der Waals surface area (Å²) >= 11 is 0. The maximum absolute atomic E-state index is 12.4. The summed E-state index contributed by atoms with van der Waals surface area (Å²) in [5.41, 5.74) is 0.985. The summed E-state index contributed by atoms with van der Waals surface area (Å²) < 4.78 is 10.2. The largest absolute Gasteiger partial charge is 0.465 e. The Balaban J connectivity index is 2.18. The molecule has 2 aromatic heterocycles. The third kappa shape index (κ3) is 3.50. The van der Waals surface area contributed by atoms with Crippen LogP contribution < -0.4 is 5.56 Å². The maximum atomic E-state index is 12.4. The predicted molar refractivity (Wildman–Crippen MR) is 82.4 cm³/mol. The number of hydrogen-bond acceptors (Lipinski definition) is 5. The first-order chi connectivity index (χ1) is 10.8. The van der Waals surface area contributed by atoms with Crippen LogP contribution in [0.15, 0.2) is 27.4 Å². The zero-order chi connectivity index (χ0) is 17.1. The monoisotopic (exact) mass is 318 g/mol. The number of furan rings is 1. The molecule has 0 bridgehead atoms. The van der Waals surface area contributed by atoms with Crippen molar-refractivity contribution in [2.45, 2.75) is 20.4 Å². The molecular formula is C16H18N2O5. The van der Waals surface area contributed by atoms with Crippen molar-refractivity contribution in [1.82, 2.24) is 9.88 Å². The van der Waals surface area contributed by atoms with Crippen molar-refractivity contribution >= 4 is 11.9 Å². The normalized spacial score (nSPS) is 10.4. The van der Waals surface area contributed by atoms with Gasteiger partial charge in [0.25, 0.3) is 5.91 Å². The molecule has 0 aliphatic heterocycles. The minimum absolute atomic E-state index is 0.190. The number of carbonyl (C=O) groups excluding carboxylic acids is 2. The van der Waals surface area contributed by atoms with Gasteiger partial charge in [0.1, 0.15) is 17.1 Å². The van der Waals surface area contributed by atoms with Crippen molar-refractivity contribution in [2.75, 3.05) is 14.2 Å². The lowest BCUT2D eigenvalue weighted by atomic mass is 10.2. The van der Waals surface area contributed by atoms with E-state index < -0.39 is 5.97 Å². The average molecular weight is 318 g/mol. The second-order valence-corrected chi connectivity index (χ2v) is 5.20. The van der Waals surface area contributed by atoms with Crippen LogP contribution in [-0.2, 0) is 11.3 Å². The Hall–Kier alpha value is -2.83. The molecule has 0 saturated heterocycles. The summed E-state index contributed by atoms with van der Waals surface area (Å²) in [5, 5.41) is 0. The fourth-order valence-corrected chi connectivity index (χ4v) is 2.25. The van der Waals surface area contributed by atoms with E-state index in [1.54, 1.807) is 27.0 Å². The highest BCUT2D eigenvalue weighted by Crippen LogP contribution is 2.18. The minimum Gasteiger partial charge on any atom is -0.465 e. The summed E-state index contributed by atoms with van der Waals surface area (Å²) in [6.45, 7) is 3.51. The van der Waals surface area contributed by atoms with Crippen LogP contribution in [0.2, 0.25) is 0 Å². The van der Waals surface area contributed by atoms with E-state index in [9.17, 15) is 14.4 Å². The Morgan fingerprint density at radius 1 is 1.26 bits per heavy atom. The number of hydrogen-bond donors (Lipinski definition) is 1. The Morgan fingerprint density at radius 3 is 2.57 bits per heavy atom. The highest BCUT2D eigenvalue weighted by molar-refractivity contribution is 5.95. The van der Waals surface area contributed by atoms with E-state index in [2.05, 4.69) is 9.72 Å². The van der Waals surface area contributed by atoms with Crippen LogP contribution in [0.1, 0.15) is 37.9 Å². The lowest BCUT2D eigenvalue weighted by Crippen LogP contribution is -2.27. The first-order valence-corrected chi connectivity index (χ1v) is 6.96. The standard InChI is InChI=1S/C16H18N2O5/c1-9-12(5-6-14(19)17-9)15(20)18(3)8-11-7-13(10(2)23-11)16(21)22-4/h5-7H,8H2,1-4H3,(H,17,19). The molecule has 0 aliphatic carbocycles. The van der Waals surface area contributed by atoms with Crippen LogP contribution in [0.5, 0.6) is 0 Å². The zero-order valence-electron chi connectivity index (χ0n) is 13.4. The van der Waals surface area contributed by atoms with Crippen LogP contribution in [0.25, 0.3) is 0 Å². The summed E-state index contributed by atoms with van der Waals surface area (Å²) in [6, 6.07) is 4.35. The molecule has 1 N–H and O–H groups in total. The Bertz CT molecular complexity index is 803. The summed E-state index contributed by atoms with van der Waals surface area (Å²) in [7, 11) is 2.91. The highest BCUT2D eigenvalue weighted by atomic mass is 16.5. The SMILES string of the molecule is COC(=O)c1cc(CN(C)C(=O)c2ccc(=O)[nH]c2C)oc1C. The number of carbonyl (C=O) groups is 2. The first kappa shape index (κ1) is 16.5. The zero-order valence-corrected chi connectivity index (χ0v) is 13.4. The smallest absolute Gasteiger partial charge is 0.341 e. The Morgan fingerprint density at radius 2 is 1.96 bits per heavy atom. The number of aryl methyl sites for hydroxylation is 2. The fraction of sp³-hybridized carbons (Fsp3) is 0.312. The van der Waals surface area contributed by atoms with E-state index in [0.717, 1.165) is 0 Å². The fourth-order valence-electron chi connectivity index (χ4n) is 2.25. The Labute approximate surface area is 132 Å². The van der Waals surface area contributed by atoms with Crippen LogP contribution in [0, 0.1) is 13.8 Å². The number of ether oxygens (including phenoxy) is 1. The van der Waals surface area contributed by atoms with E-state index in [0.29, 0.717) is 28.3 Å². The predicted octanol–water partition coefficient (Wildman–Crippen LogP) is 1.64. The topological polar surface area (TPSA) is 92.6 Å². The van der Waals surface area contributed by atoms with Crippen LogP contribution >= 0.6 is 0 Å². The number of aromatic nitrogens is 1. The molecule has 2 rings (SSSR count). The number of amides is 1. The van der Waals surface area contributed by atoms with Gasteiger partial charge in [0.05, 0.1) is 19.2 Å². The van der Waals surface area contributed by atoms with Crippen LogP contribution in [-0.4, -0.2) is 35.9 Å². The van der Waals surface area contributed by atoms with Gasteiger partial charge in [-0.15, -0.1) is 0 Å². The number of nitrogens with one attached hydrogen (secondary N) is 1. The van der Waals surface area contributed by atoms with Crippen molar-refractivity contribution in [1.29, 1.82) is 0 Å². The van der Waals surface area contributed by atoms with E-state index in [1.807, 2.05) is 0 Å². The van der Waals surface area contributed by atoms with Crippen LogP contribution in [0.3, 0.4) is 0 Å². The number of H-pyrrole nitrogens is 1. The van der Waals surface area contributed by atoms with Gasteiger partial charge in [0.2, 0.25) is 5.56 Å². The molecule has 0 spiro atoms. The number of methoxy groups -OCH3 is 1. The van der Waals surface area contributed by atoms with Gasteiger partial charge in [0, 0.05) is 18.8 Å². The van der Waals surface area contributed by atoms with E-state index in [-0.39, 0.29) is 18.0 Å². The number of esters is 1. The molecule has 0 saturated carbocycles.